The standard InChI is InChI=1S/C42H24N4O2/c1-3-12-26(13-4-1)39-44-40(29-20-19-25-11-7-8-16-28(25)23-29)46-41(45-39)34-24-33-32-21-22-35-36(43-42(47-35)27-14-5-2-6-15-27)38(32)48-37(33)31-18-10-9-17-30(31)34/h1-24H. The minimum atomic E-state index is 0.559. The van der Waals surface area contributed by atoms with Crippen molar-refractivity contribution in [2.75, 3.05) is 0 Å². The van der Waals surface area contributed by atoms with E-state index in [9.17, 15) is 0 Å². The van der Waals surface area contributed by atoms with Crippen LogP contribution in [0, 0.1) is 0 Å². The zero-order valence-corrected chi connectivity index (χ0v) is 25.5. The maximum Gasteiger partial charge on any atom is 0.227 e. The number of fused-ring (bicyclic) bond motifs is 8. The highest BCUT2D eigenvalue weighted by Gasteiger charge is 2.21. The fourth-order valence-corrected chi connectivity index (χ4v) is 6.61. The minimum absolute atomic E-state index is 0.559. The van der Waals surface area contributed by atoms with E-state index < -0.39 is 0 Å². The van der Waals surface area contributed by atoms with Crippen molar-refractivity contribution in [1.82, 2.24) is 19.9 Å². The van der Waals surface area contributed by atoms with Gasteiger partial charge < -0.3 is 8.83 Å². The summed E-state index contributed by atoms with van der Waals surface area (Å²) in [6, 6.07) is 49.0. The molecule has 7 aromatic carbocycles. The smallest absolute Gasteiger partial charge is 0.227 e. The number of furan rings is 1. The third kappa shape index (κ3) is 4.20. The van der Waals surface area contributed by atoms with Crippen LogP contribution in [0.2, 0.25) is 0 Å². The molecule has 0 aliphatic carbocycles. The molecule has 3 heterocycles. The van der Waals surface area contributed by atoms with E-state index in [4.69, 9.17) is 28.8 Å². The van der Waals surface area contributed by atoms with E-state index in [1.807, 2.05) is 97.1 Å². The van der Waals surface area contributed by atoms with Gasteiger partial charge in [0.2, 0.25) is 5.89 Å². The highest BCUT2D eigenvalue weighted by Crippen LogP contribution is 2.42. The average molecular weight is 617 g/mol. The van der Waals surface area contributed by atoms with Crippen LogP contribution in [0.15, 0.2) is 154 Å². The lowest BCUT2D eigenvalue weighted by molar-refractivity contribution is 0.620. The molecule has 10 aromatic rings. The van der Waals surface area contributed by atoms with E-state index >= 15 is 0 Å². The molecule has 0 N–H and O–H groups in total. The Hall–Kier alpha value is -6.66. The second-order valence-electron chi connectivity index (χ2n) is 11.9. The summed E-state index contributed by atoms with van der Waals surface area (Å²) in [5, 5.41) is 6.15. The van der Waals surface area contributed by atoms with Crippen LogP contribution in [0.1, 0.15) is 0 Å². The zero-order chi connectivity index (χ0) is 31.6. The van der Waals surface area contributed by atoms with Crippen molar-refractivity contribution in [2.24, 2.45) is 0 Å². The van der Waals surface area contributed by atoms with Crippen molar-refractivity contribution in [1.29, 1.82) is 0 Å². The fraction of sp³-hybridized carbons (Fsp3) is 0. The van der Waals surface area contributed by atoms with Crippen LogP contribution in [0.25, 0.3) is 100 Å². The molecule has 10 rings (SSSR count). The fourth-order valence-electron chi connectivity index (χ4n) is 6.61. The molecule has 0 spiro atoms. The van der Waals surface area contributed by atoms with Crippen LogP contribution in [0.4, 0.5) is 0 Å². The van der Waals surface area contributed by atoms with Gasteiger partial charge in [-0.05, 0) is 52.6 Å². The Labute approximate surface area is 274 Å². The van der Waals surface area contributed by atoms with E-state index in [1.54, 1.807) is 0 Å². The molecule has 0 bridgehead atoms. The third-order valence-corrected chi connectivity index (χ3v) is 8.94. The molecule has 0 aliphatic rings. The van der Waals surface area contributed by atoms with Gasteiger partial charge in [-0.2, -0.15) is 0 Å². The Morgan fingerprint density at radius 3 is 1.83 bits per heavy atom. The number of hydrogen-bond donors (Lipinski definition) is 0. The molecule has 6 nitrogen and oxygen atoms in total. The lowest BCUT2D eigenvalue weighted by Crippen LogP contribution is -2.00. The van der Waals surface area contributed by atoms with Gasteiger partial charge in [-0.25, -0.2) is 19.9 Å². The van der Waals surface area contributed by atoms with Gasteiger partial charge in [0.05, 0.1) is 0 Å². The number of benzene rings is 7. The molecular weight excluding hydrogens is 592 g/mol. The topological polar surface area (TPSA) is 77.8 Å². The van der Waals surface area contributed by atoms with Crippen molar-refractivity contribution in [2.45, 2.75) is 0 Å². The zero-order valence-electron chi connectivity index (χ0n) is 25.5. The predicted octanol–water partition coefficient (Wildman–Crippen LogP) is 10.9. The van der Waals surface area contributed by atoms with Gasteiger partial charge in [0.25, 0.3) is 0 Å². The number of hydrogen-bond acceptors (Lipinski definition) is 6. The molecule has 0 fully saturated rings. The van der Waals surface area contributed by atoms with Crippen molar-refractivity contribution < 1.29 is 8.83 Å². The predicted molar refractivity (Wildman–Crippen MR) is 191 cm³/mol. The molecule has 0 saturated heterocycles. The number of oxazole rings is 1. The molecule has 6 heteroatoms. The molecule has 0 atom stereocenters. The Morgan fingerprint density at radius 1 is 0.375 bits per heavy atom. The van der Waals surface area contributed by atoms with Gasteiger partial charge >= 0.3 is 0 Å². The Morgan fingerprint density at radius 2 is 1.02 bits per heavy atom. The summed E-state index contributed by atoms with van der Waals surface area (Å²) < 4.78 is 12.8. The number of nitrogens with zero attached hydrogens (tertiary/aromatic N) is 4. The number of aromatic nitrogens is 4. The average Bonchev–Trinajstić information content (AvgIpc) is 3.77. The van der Waals surface area contributed by atoms with Gasteiger partial charge in [0.1, 0.15) is 5.58 Å². The molecule has 0 amide bonds. The molecular formula is C42H24N4O2. The SMILES string of the molecule is c1ccc(-c2nc(-c3ccc4ccccc4c3)nc(-c3cc4c5ccc6oc(-c7ccccc7)nc6c5oc4c4ccccc34)n2)cc1. The summed E-state index contributed by atoms with van der Waals surface area (Å²) in [6.45, 7) is 0. The van der Waals surface area contributed by atoms with Gasteiger partial charge in [0, 0.05) is 38.4 Å². The molecule has 48 heavy (non-hydrogen) atoms. The largest absolute Gasteiger partial charge is 0.453 e. The lowest BCUT2D eigenvalue weighted by atomic mass is 9.99. The second kappa shape index (κ2) is 10.4. The first-order chi connectivity index (χ1) is 23.8. The molecule has 224 valence electrons. The van der Waals surface area contributed by atoms with E-state index in [2.05, 4.69) is 48.5 Å². The number of rotatable bonds is 4. The van der Waals surface area contributed by atoms with Gasteiger partial charge in [0.15, 0.2) is 34.2 Å². The van der Waals surface area contributed by atoms with Crippen LogP contribution in [0.3, 0.4) is 0 Å². The first-order valence-corrected chi connectivity index (χ1v) is 15.8. The summed E-state index contributed by atoms with van der Waals surface area (Å²) in [5.74, 6) is 2.38. The highest BCUT2D eigenvalue weighted by atomic mass is 16.4. The lowest BCUT2D eigenvalue weighted by Gasteiger charge is -2.11. The van der Waals surface area contributed by atoms with Crippen LogP contribution >= 0.6 is 0 Å². The van der Waals surface area contributed by atoms with E-state index in [-0.39, 0.29) is 0 Å². The molecule has 0 radical (unpaired) electrons. The third-order valence-electron chi connectivity index (χ3n) is 8.94. The molecule has 0 saturated carbocycles. The minimum Gasteiger partial charge on any atom is -0.453 e. The first-order valence-electron chi connectivity index (χ1n) is 15.8. The summed E-state index contributed by atoms with van der Waals surface area (Å²) in [7, 11) is 0. The van der Waals surface area contributed by atoms with Crippen LogP contribution in [-0.4, -0.2) is 19.9 Å². The maximum atomic E-state index is 6.67. The molecule has 0 unspecified atom stereocenters. The van der Waals surface area contributed by atoms with Crippen molar-refractivity contribution in [3.63, 3.8) is 0 Å². The Kier molecular flexibility index (Phi) is 5.77. The van der Waals surface area contributed by atoms with E-state index in [0.29, 0.717) is 40.0 Å². The summed E-state index contributed by atoms with van der Waals surface area (Å²) in [6.07, 6.45) is 0. The van der Waals surface area contributed by atoms with Crippen LogP contribution < -0.4 is 0 Å². The van der Waals surface area contributed by atoms with Crippen molar-refractivity contribution in [3.05, 3.63) is 146 Å². The van der Waals surface area contributed by atoms with Gasteiger partial charge in [-0.1, -0.05) is 109 Å². The summed E-state index contributed by atoms with van der Waals surface area (Å²) in [4.78, 5) is 20.1. The first kappa shape index (κ1) is 26.5. The Bertz CT molecular complexity index is 2840. The van der Waals surface area contributed by atoms with Crippen LogP contribution in [0.5, 0.6) is 0 Å². The Balaban J connectivity index is 1.23. The van der Waals surface area contributed by atoms with E-state index in [0.717, 1.165) is 54.8 Å². The maximum absolute atomic E-state index is 6.67. The highest BCUT2D eigenvalue weighted by molar-refractivity contribution is 6.21. The summed E-state index contributed by atoms with van der Waals surface area (Å²) in [5.41, 5.74) is 6.50. The monoisotopic (exact) mass is 616 g/mol. The summed E-state index contributed by atoms with van der Waals surface area (Å²) >= 11 is 0. The normalized spacial score (nSPS) is 11.8. The van der Waals surface area contributed by atoms with Gasteiger partial charge in [-0.15, -0.1) is 0 Å². The van der Waals surface area contributed by atoms with Crippen molar-refractivity contribution in [3.8, 4) is 45.6 Å². The quantitative estimate of drug-likeness (QED) is 0.196. The van der Waals surface area contributed by atoms with Gasteiger partial charge in [-0.3, -0.25) is 0 Å². The molecule has 0 aliphatic heterocycles. The van der Waals surface area contributed by atoms with E-state index in [1.165, 1.54) is 5.39 Å². The van der Waals surface area contributed by atoms with Crippen LogP contribution in [-0.2, 0) is 0 Å². The second-order valence-corrected chi connectivity index (χ2v) is 11.9. The molecule has 3 aromatic heterocycles. The van der Waals surface area contributed by atoms with Crippen molar-refractivity contribution >= 4 is 54.6 Å².